The van der Waals surface area contributed by atoms with Crippen molar-refractivity contribution in [1.82, 2.24) is 4.98 Å². The van der Waals surface area contributed by atoms with E-state index in [1.807, 2.05) is 0 Å². The lowest BCUT2D eigenvalue weighted by Gasteiger charge is -1.94. The number of hydrogen-bond donors (Lipinski definition) is 0. The Morgan fingerprint density at radius 2 is 2.17 bits per heavy atom. The van der Waals surface area contributed by atoms with Gasteiger partial charge in [-0.05, 0) is 23.7 Å². The van der Waals surface area contributed by atoms with Crippen LogP contribution in [0, 0.1) is 0 Å². The SMILES string of the molecule is Cl.O=C(Cl)c1ccc(CCl)nc1. The summed E-state index contributed by atoms with van der Waals surface area (Å²) in [6, 6.07) is 3.27. The van der Waals surface area contributed by atoms with Gasteiger partial charge in [-0.1, -0.05) is 0 Å². The van der Waals surface area contributed by atoms with Crippen LogP contribution in [0.4, 0.5) is 0 Å². The molecule has 0 atom stereocenters. The van der Waals surface area contributed by atoms with Gasteiger partial charge in [0.05, 0.1) is 17.1 Å². The second-order valence-electron chi connectivity index (χ2n) is 1.95. The van der Waals surface area contributed by atoms with Crippen LogP contribution in [-0.4, -0.2) is 10.2 Å². The van der Waals surface area contributed by atoms with E-state index in [0.29, 0.717) is 11.4 Å². The number of rotatable bonds is 2. The first-order valence-electron chi connectivity index (χ1n) is 2.95. The molecule has 2 nitrogen and oxygen atoms in total. The molecule has 0 radical (unpaired) electrons. The molecule has 0 unspecified atom stereocenters. The molecule has 0 saturated heterocycles. The van der Waals surface area contributed by atoms with E-state index in [1.165, 1.54) is 6.20 Å². The summed E-state index contributed by atoms with van der Waals surface area (Å²) in [5.41, 5.74) is 1.12. The highest BCUT2D eigenvalue weighted by atomic mass is 35.5. The van der Waals surface area contributed by atoms with Crippen molar-refractivity contribution in [2.45, 2.75) is 5.88 Å². The predicted octanol–water partition coefficient (Wildman–Crippen LogP) is 2.62. The summed E-state index contributed by atoms with van der Waals surface area (Å²) in [6.45, 7) is 0. The Bertz CT molecular complexity index is 260. The first-order chi connectivity index (χ1) is 5.24. The molecule has 0 bridgehead atoms. The highest BCUT2D eigenvalue weighted by Crippen LogP contribution is 2.04. The van der Waals surface area contributed by atoms with Gasteiger partial charge in [0.25, 0.3) is 5.24 Å². The number of pyridine rings is 1. The summed E-state index contributed by atoms with van der Waals surface area (Å²) in [7, 11) is 0. The van der Waals surface area contributed by atoms with Gasteiger partial charge in [-0.15, -0.1) is 24.0 Å². The van der Waals surface area contributed by atoms with Gasteiger partial charge in [-0.3, -0.25) is 9.78 Å². The van der Waals surface area contributed by atoms with Gasteiger partial charge in [-0.2, -0.15) is 0 Å². The quantitative estimate of drug-likeness (QED) is 0.573. The topological polar surface area (TPSA) is 30.0 Å². The van der Waals surface area contributed by atoms with E-state index >= 15 is 0 Å². The molecule has 1 aromatic heterocycles. The average Bonchev–Trinajstić information content (AvgIpc) is 2.05. The average molecular weight is 226 g/mol. The lowest BCUT2D eigenvalue weighted by molar-refractivity contribution is 0.108. The van der Waals surface area contributed by atoms with Crippen molar-refractivity contribution >= 4 is 40.9 Å². The van der Waals surface area contributed by atoms with Gasteiger partial charge in [0, 0.05) is 6.20 Å². The Morgan fingerprint density at radius 3 is 2.50 bits per heavy atom. The van der Waals surface area contributed by atoms with Gasteiger partial charge in [0.15, 0.2) is 0 Å². The van der Waals surface area contributed by atoms with E-state index in [4.69, 9.17) is 23.2 Å². The molecular weight excluding hydrogens is 220 g/mol. The summed E-state index contributed by atoms with van der Waals surface area (Å²) in [6.07, 6.45) is 1.41. The fourth-order valence-corrected chi connectivity index (χ4v) is 0.890. The number of halogens is 3. The zero-order chi connectivity index (χ0) is 8.27. The maximum absolute atomic E-state index is 10.5. The number of aromatic nitrogens is 1. The fourth-order valence-electron chi connectivity index (χ4n) is 0.620. The molecule has 0 aliphatic rings. The second-order valence-corrected chi connectivity index (χ2v) is 2.56. The summed E-state index contributed by atoms with van der Waals surface area (Å²) in [4.78, 5) is 14.4. The van der Waals surface area contributed by atoms with Crippen LogP contribution < -0.4 is 0 Å². The van der Waals surface area contributed by atoms with Crippen LogP contribution in [-0.2, 0) is 5.88 Å². The number of carbonyl (C=O) groups excluding carboxylic acids is 1. The molecule has 0 amide bonds. The fraction of sp³-hybridized carbons (Fsp3) is 0.143. The van der Waals surface area contributed by atoms with E-state index in [9.17, 15) is 4.79 Å². The second kappa shape index (κ2) is 5.36. The molecule has 1 rings (SSSR count). The number of nitrogens with zero attached hydrogens (tertiary/aromatic N) is 1. The summed E-state index contributed by atoms with van der Waals surface area (Å²) < 4.78 is 0. The van der Waals surface area contributed by atoms with Gasteiger partial charge in [0.1, 0.15) is 0 Å². The Morgan fingerprint density at radius 1 is 1.50 bits per heavy atom. The normalized spacial score (nSPS) is 8.83. The van der Waals surface area contributed by atoms with Crippen LogP contribution >= 0.6 is 35.6 Å². The molecule has 0 N–H and O–H groups in total. The molecule has 0 saturated carbocycles. The molecular formula is C7H6Cl3NO. The molecule has 0 aliphatic heterocycles. The van der Waals surface area contributed by atoms with Crippen LogP contribution in [0.3, 0.4) is 0 Å². The van der Waals surface area contributed by atoms with Crippen molar-refractivity contribution in [3.05, 3.63) is 29.6 Å². The third kappa shape index (κ3) is 2.97. The van der Waals surface area contributed by atoms with Crippen molar-refractivity contribution in [3.63, 3.8) is 0 Å². The summed E-state index contributed by atoms with van der Waals surface area (Å²) in [5.74, 6) is 0.344. The molecule has 1 aromatic rings. The highest BCUT2D eigenvalue weighted by molar-refractivity contribution is 6.67. The Hall–Kier alpha value is -0.310. The van der Waals surface area contributed by atoms with Crippen molar-refractivity contribution in [3.8, 4) is 0 Å². The minimum absolute atomic E-state index is 0. The van der Waals surface area contributed by atoms with Crippen molar-refractivity contribution < 1.29 is 4.79 Å². The van der Waals surface area contributed by atoms with Gasteiger partial charge in [0.2, 0.25) is 0 Å². The van der Waals surface area contributed by atoms with Crippen molar-refractivity contribution in [2.24, 2.45) is 0 Å². The molecule has 1 heterocycles. The lowest BCUT2D eigenvalue weighted by atomic mass is 10.3. The molecule has 5 heteroatoms. The van der Waals surface area contributed by atoms with Crippen LogP contribution in [0.15, 0.2) is 18.3 Å². The van der Waals surface area contributed by atoms with E-state index in [0.717, 1.165) is 5.69 Å². The molecule has 66 valence electrons. The Labute approximate surface area is 86.3 Å². The Balaban J connectivity index is 0.00000121. The molecule has 0 aliphatic carbocycles. The van der Waals surface area contributed by atoms with Crippen LogP contribution in [0.1, 0.15) is 16.1 Å². The zero-order valence-electron chi connectivity index (χ0n) is 5.96. The molecule has 0 spiro atoms. The van der Waals surface area contributed by atoms with Crippen LogP contribution in [0.25, 0.3) is 0 Å². The minimum Gasteiger partial charge on any atom is -0.276 e. The first-order valence-corrected chi connectivity index (χ1v) is 3.86. The minimum atomic E-state index is -0.501. The van der Waals surface area contributed by atoms with E-state index < -0.39 is 5.24 Å². The number of carbonyl (C=O) groups is 1. The van der Waals surface area contributed by atoms with Crippen molar-refractivity contribution in [1.29, 1.82) is 0 Å². The predicted molar refractivity (Wildman–Crippen MR) is 51.2 cm³/mol. The zero-order valence-corrected chi connectivity index (χ0v) is 8.29. The number of hydrogen-bond acceptors (Lipinski definition) is 2. The van der Waals surface area contributed by atoms with E-state index in [-0.39, 0.29) is 12.4 Å². The summed E-state index contributed by atoms with van der Waals surface area (Å²) in [5, 5.41) is -0.501. The Kier molecular flexibility index (Phi) is 5.22. The van der Waals surface area contributed by atoms with Gasteiger partial charge < -0.3 is 0 Å². The standard InChI is InChI=1S/C7H5Cl2NO.ClH/c8-3-6-2-1-5(4-10-6)7(9)11;/h1-2,4H,3H2;1H. The molecule has 0 fully saturated rings. The first kappa shape index (κ1) is 11.7. The maximum Gasteiger partial charge on any atom is 0.253 e. The van der Waals surface area contributed by atoms with Gasteiger partial charge >= 0.3 is 0 Å². The third-order valence-corrected chi connectivity index (χ3v) is 1.68. The van der Waals surface area contributed by atoms with E-state index in [2.05, 4.69) is 4.98 Å². The van der Waals surface area contributed by atoms with Gasteiger partial charge in [-0.25, -0.2) is 0 Å². The molecule has 0 aromatic carbocycles. The highest BCUT2D eigenvalue weighted by Gasteiger charge is 2.00. The molecule has 12 heavy (non-hydrogen) atoms. The van der Waals surface area contributed by atoms with E-state index in [1.54, 1.807) is 12.1 Å². The number of alkyl halides is 1. The summed E-state index contributed by atoms with van der Waals surface area (Å²) >= 11 is 10.7. The largest absolute Gasteiger partial charge is 0.276 e. The van der Waals surface area contributed by atoms with Crippen LogP contribution in [0.5, 0.6) is 0 Å². The smallest absolute Gasteiger partial charge is 0.253 e. The maximum atomic E-state index is 10.5. The monoisotopic (exact) mass is 225 g/mol. The van der Waals surface area contributed by atoms with Crippen molar-refractivity contribution in [2.75, 3.05) is 0 Å². The lowest BCUT2D eigenvalue weighted by Crippen LogP contribution is -1.91. The third-order valence-electron chi connectivity index (χ3n) is 1.19. The van der Waals surface area contributed by atoms with Crippen LogP contribution in [0.2, 0.25) is 0 Å².